The third-order valence-electron chi connectivity index (χ3n) is 8.44. The van der Waals surface area contributed by atoms with E-state index in [4.69, 9.17) is 32.8 Å². The molecule has 8 nitrogen and oxygen atoms in total. The van der Waals surface area contributed by atoms with Crippen molar-refractivity contribution in [1.82, 2.24) is 0 Å². The summed E-state index contributed by atoms with van der Waals surface area (Å²) in [6.45, 7) is 13.7. The van der Waals surface area contributed by atoms with Gasteiger partial charge in [0.25, 0.3) is 0 Å². The van der Waals surface area contributed by atoms with E-state index in [0.717, 1.165) is 24.2 Å². The second-order valence-electron chi connectivity index (χ2n) is 13.4. The summed E-state index contributed by atoms with van der Waals surface area (Å²) in [5, 5.41) is 12.5. The number of ether oxygens (including phenoxy) is 6. The Morgan fingerprint density at radius 1 is 0.872 bits per heavy atom. The number of hydrogen-bond acceptors (Lipinski definition) is 8. The van der Waals surface area contributed by atoms with Gasteiger partial charge < -0.3 is 38.0 Å². The van der Waals surface area contributed by atoms with Crippen LogP contribution in [0.4, 0.5) is 0 Å². The molecule has 0 aliphatic carbocycles. The van der Waals surface area contributed by atoms with Gasteiger partial charge in [-0.15, -0.1) is 0 Å². The molecule has 3 unspecified atom stereocenters. The number of hydrogen-bond donors (Lipinski definition) is 1. The monoisotopic (exact) mass is 662 g/mol. The number of aryl methyl sites for hydroxylation is 1. The molecule has 254 valence electrons. The van der Waals surface area contributed by atoms with Gasteiger partial charge >= 0.3 is 0 Å². The van der Waals surface area contributed by atoms with E-state index in [1.54, 1.807) is 32.4 Å². The molecule has 0 aromatic heterocycles. The maximum atomic E-state index is 12.5. The van der Waals surface area contributed by atoms with Crippen molar-refractivity contribution in [2.75, 3.05) is 41.0 Å². The van der Waals surface area contributed by atoms with Crippen LogP contribution < -0.4 is 18.9 Å². The minimum Gasteiger partial charge on any atom is -0.492 e. The quantitative estimate of drug-likeness (QED) is 0.117. The van der Waals surface area contributed by atoms with E-state index in [-0.39, 0.29) is 38.3 Å². The smallest absolute Gasteiger partial charge is 0.188 e. The van der Waals surface area contributed by atoms with Crippen LogP contribution in [0.15, 0.2) is 66.7 Å². The SMILES string of the molecule is COCOc1ccc(C2(C)COc3cc(OCOC)ccc3C2(O)C#CCOc2ccc(CCC(O[SiH](C)C)C(C)(C)C)cc2)cc1. The molecule has 9 heteroatoms. The van der Waals surface area contributed by atoms with Crippen molar-refractivity contribution < 1.29 is 38.0 Å². The van der Waals surface area contributed by atoms with Crippen molar-refractivity contribution in [3.63, 3.8) is 0 Å². The van der Waals surface area contributed by atoms with Crippen LogP contribution in [0.3, 0.4) is 0 Å². The average Bonchev–Trinajstić information content (AvgIpc) is 3.05. The highest BCUT2D eigenvalue weighted by molar-refractivity contribution is 6.48. The molecule has 1 aliphatic rings. The average molecular weight is 663 g/mol. The number of benzene rings is 3. The summed E-state index contributed by atoms with van der Waals surface area (Å²) in [5.41, 5.74) is 0.207. The van der Waals surface area contributed by atoms with Crippen molar-refractivity contribution in [3.05, 3.63) is 83.4 Å². The maximum absolute atomic E-state index is 12.5. The Hall–Kier alpha value is -3.52. The van der Waals surface area contributed by atoms with Gasteiger partial charge in [-0.05, 0) is 85.8 Å². The first-order chi connectivity index (χ1) is 22.4. The van der Waals surface area contributed by atoms with Crippen LogP contribution in [-0.2, 0) is 31.3 Å². The number of fused-ring (bicyclic) bond motifs is 1. The largest absolute Gasteiger partial charge is 0.492 e. The molecule has 3 aromatic rings. The van der Waals surface area contributed by atoms with Crippen LogP contribution in [0.25, 0.3) is 0 Å². The van der Waals surface area contributed by atoms with Crippen LogP contribution >= 0.6 is 0 Å². The fourth-order valence-corrected chi connectivity index (χ4v) is 6.87. The Labute approximate surface area is 282 Å². The molecule has 3 aromatic carbocycles. The first-order valence-electron chi connectivity index (χ1n) is 16.1. The second kappa shape index (κ2) is 16.0. The Balaban J connectivity index is 1.52. The predicted octanol–water partition coefficient (Wildman–Crippen LogP) is 6.62. The van der Waals surface area contributed by atoms with Gasteiger partial charge in [0.2, 0.25) is 0 Å². The normalized spacial score (nSPS) is 19.6. The number of aliphatic hydroxyl groups is 1. The molecular weight excluding hydrogens is 612 g/mol. The van der Waals surface area contributed by atoms with Gasteiger partial charge in [0.05, 0.1) is 5.41 Å². The molecule has 0 amide bonds. The van der Waals surface area contributed by atoms with E-state index in [9.17, 15) is 5.11 Å². The zero-order valence-electron chi connectivity index (χ0n) is 29.1. The summed E-state index contributed by atoms with van der Waals surface area (Å²) < 4.78 is 39.8. The van der Waals surface area contributed by atoms with Crippen molar-refractivity contribution in [2.45, 2.75) is 70.8 Å². The van der Waals surface area contributed by atoms with Gasteiger partial charge in [-0.1, -0.05) is 56.9 Å². The van der Waals surface area contributed by atoms with E-state index >= 15 is 0 Å². The van der Waals surface area contributed by atoms with Crippen LogP contribution in [0.1, 0.15) is 50.8 Å². The Kier molecular flexibility index (Phi) is 12.4. The molecule has 3 atom stereocenters. The third kappa shape index (κ3) is 9.09. The predicted molar refractivity (Wildman–Crippen MR) is 186 cm³/mol. The van der Waals surface area contributed by atoms with Gasteiger partial charge in [-0.25, -0.2) is 0 Å². The van der Waals surface area contributed by atoms with E-state index in [1.165, 1.54) is 5.56 Å². The van der Waals surface area contributed by atoms with E-state index < -0.39 is 20.1 Å². The molecule has 0 spiro atoms. The Bertz CT molecular complexity index is 1490. The summed E-state index contributed by atoms with van der Waals surface area (Å²) in [4.78, 5) is 0. The molecule has 1 heterocycles. The zero-order chi connectivity index (χ0) is 34.1. The maximum Gasteiger partial charge on any atom is 0.188 e. The summed E-state index contributed by atoms with van der Waals surface area (Å²) in [7, 11) is 2.00. The summed E-state index contributed by atoms with van der Waals surface area (Å²) in [5.74, 6) is 8.72. The fourth-order valence-electron chi connectivity index (χ4n) is 5.67. The highest BCUT2D eigenvalue weighted by atomic mass is 28.3. The highest BCUT2D eigenvalue weighted by Crippen LogP contribution is 2.50. The number of rotatable bonds is 14. The lowest BCUT2D eigenvalue weighted by Crippen LogP contribution is -2.53. The molecule has 0 radical (unpaired) electrons. The minimum atomic E-state index is -1.60. The molecule has 0 fully saturated rings. The standard InChI is InChI=1S/C38H50O8Si/c1-36(2,3)35(46-47(7)8)21-12-28-10-15-30(16-11-28)42-23-9-22-38(39)33-20-19-32(45-27-41-6)24-34(33)43-25-37(38,4)29-13-17-31(18-14-29)44-26-40-5/h10-11,13-20,24,35,39,47H,12,21,23,25-27H2,1-8H3. The van der Waals surface area contributed by atoms with Gasteiger partial charge in [-0.3, -0.25) is 0 Å². The topological polar surface area (TPSA) is 84.8 Å². The molecule has 0 bridgehead atoms. The molecule has 1 aliphatic heterocycles. The Morgan fingerprint density at radius 2 is 1.47 bits per heavy atom. The highest BCUT2D eigenvalue weighted by Gasteiger charge is 2.53. The molecule has 0 saturated carbocycles. The molecule has 1 N–H and O–H groups in total. The minimum absolute atomic E-state index is 0.0990. The van der Waals surface area contributed by atoms with Crippen molar-refractivity contribution in [3.8, 4) is 34.8 Å². The van der Waals surface area contributed by atoms with Crippen LogP contribution in [0, 0.1) is 17.3 Å². The lowest BCUT2D eigenvalue weighted by atomic mass is 9.65. The second-order valence-corrected chi connectivity index (χ2v) is 15.8. The van der Waals surface area contributed by atoms with Crippen molar-refractivity contribution >= 4 is 9.04 Å². The lowest BCUT2D eigenvalue weighted by Gasteiger charge is -2.46. The Morgan fingerprint density at radius 3 is 2.09 bits per heavy atom. The van der Waals surface area contributed by atoms with E-state index in [1.807, 2.05) is 43.3 Å². The van der Waals surface area contributed by atoms with Gasteiger partial charge in [0, 0.05) is 32.0 Å². The van der Waals surface area contributed by atoms with Crippen LogP contribution in [-0.4, -0.2) is 61.3 Å². The molecule has 47 heavy (non-hydrogen) atoms. The summed E-state index contributed by atoms with van der Waals surface area (Å²) in [6.07, 6.45) is 2.15. The molecular formula is C38H50O8Si. The van der Waals surface area contributed by atoms with Gasteiger partial charge in [-0.2, -0.15) is 0 Å². The summed E-state index contributed by atoms with van der Waals surface area (Å²) >= 11 is 0. The first kappa shape index (κ1) is 36.3. The third-order valence-corrected chi connectivity index (χ3v) is 9.31. The van der Waals surface area contributed by atoms with Gasteiger partial charge in [0.1, 0.15) is 36.2 Å². The molecule has 4 rings (SSSR count). The van der Waals surface area contributed by atoms with Crippen LogP contribution in [0.2, 0.25) is 13.1 Å². The zero-order valence-corrected chi connectivity index (χ0v) is 30.2. The van der Waals surface area contributed by atoms with E-state index in [0.29, 0.717) is 22.8 Å². The first-order valence-corrected chi connectivity index (χ1v) is 18.9. The number of methoxy groups -OCH3 is 2. The van der Waals surface area contributed by atoms with Crippen molar-refractivity contribution in [1.29, 1.82) is 0 Å². The van der Waals surface area contributed by atoms with Crippen LogP contribution in [0.5, 0.6) is 23.0 Å². The van der Waals surface area contributed by atoms with Gasteiger partial charge in [0.15, 0.2) is 28.2 Å². The van der Waals surface area contributed by atoms with E-state index in [2.05, 4.69) is 57.8 Å². The fraction of sp³-hybridized carbons (Fsp3) is 0.474. The lowest BCUT2D eigenvalue weighted by molar-refractivity contribution is -0.0274. The van der Waals surface area contributed by atoms with Crippen molar-refractivity contribution in [2.24, 2.45) is 5.41 Å². The summed E-state index contributed by atoms with van der Waals surface area (Å²) in [6, 6.07) is 21.0. The molecule has 0 saturated heterocycles.